The van der Waals surface area contributed by atoms with Gasteiger partial charge in [-0.05, 0) is 60.6 Å². The SMILES string of the molecule is CCCCCOc1ccc(CCC2CCC(CCC3CCC(CCCCC)CC3)CC2)cc1. The third-order valence-corrected chi connectivity index (χ3v) is 8.91. The predicted molar refractivity (Wildman–Crippen MR) is 144 cm³/mol. The van der Waals surface area contributed by atoms with Gasteiger partial charge in [-0.25, -0.2) is 0 Å². The molecule has 1 aromatic rings. The zero-order valence-electron chi connectivity index (χ0n) is 22.2. The van der Waals surface area contributed by atoms with E-state index in [1.165, 1.54) is 128 Å². The fraction of sp³-hybridized carbons (Fsp3) is 0.812. The van der Waals surface area contributed by atoms with Gasteiger partial charge < -0.3 is 4.74 Å². The van der Waals surface area contributed by atoms with Crippen LogP contribution in [0, 0.1) is 23.7 Å². The lowest BCUT2D eigenvalue weighted by atomic mass is 9.74. The van der Waals surface area contributed by atoms with E-state index in [1.54, 1.807) is 0 Å². The lowest BCUT2D eigenvalue weighted by Gasteiger charge is -2.32. The number of aryl methyl sites for hydroxylation is 1. The lowest BCUT2D eigenvalue weighted by Crippen LogP contribution is -2.18. The molecule has 0 spiro atoms. The van der Waals surface area contributed by atoms with Crippen LogP contribution in [0.4, 0.5) is 0 Å². The summed E-state index contributed by atoms with van der Waals surface area (Å²) in [7, 11) is 0. The number of unbranched alkanes of at least 4 members (excludes halogenated alkanes) is 4. The van der Waals surface area contributed by atoms with E-state index in [4.69, 9.17) is 4.74 Å². The fourth-order valence-electron chi connectivity index (χ4n) is 6.44. The smallest absolute Gasteiger partial charge is 0.119 e. The first-order valence-corrected chi connectivity index (χ1v) is 15.0. The van der Waals surface area contributed by atoms with Crippen molar-refractivity contribution in [2.45, 2.75) is 136 Å². The number of benzene rings is 1. The van der Waals surface area contributed by atoms with Gasteiger partial charge in [-0.2, -0.15) is 0 Å². The minimum Gasteiger partial charge on any atom is -0.494 e. The molecule has 1 heteroatoms. The summed E-state index contributed by atoms with van der Waals surface area (Å²) < 4.78 is 5.86. The first kappa shape index (κ1) is 26.6. The first-order valence-electron chi connectivity index (χ1n) is 15.0. The molecular weight excluding hydrogens is 400 g/mol. The number of rotatable bonds is 15. The number of ether oxygens (including phenoxy) is 1. The molecule has 0 bridgehead atoms. The molecule has 2 aliphatic carbocycles. The zero-order valence-corrected chi connectivity index (χ0v) is 22.2. The average Bonchev–Trinajstić information content (AvgIpc) is 2.86. The molecular formula is C32H54O. The highest BCUT2D eigenvalue weighted by molar-refractivity contribution is 5.27. The van der Waals surface area contributed by atoms with Crippen molar-refractivity contribution in [3.05, 3.63) is 29.8 Å². The molecule has 0 aliphatic heterocycles. The summed E-state index contributed by atoms with van der Waals surface area (Å²) in [5, 5.41) is 0. The monoisotopic (exact) mass is 454 g/mol. The Kier molecular flexibility index (Phi) is 12.8. The van der Waals surface area contributed by atoms with Crippen molar-refractivity contribution < 1.29 is 4.74 Å². The fourth-order valence-corrected chi connectivity index (χ4v) is 6.44. The minimum absolute atomic E-state index is 0.858. The number of hydrogen-bond donors (Lipinski definition) is 0. The Balaban J connectivity index is 1.23. The van der Waals surface area contributed by atoms with Gasteiger partial charge in [0.1, 0.15) is 5.75 Å². The van der Waals surface area contributed by atoms with E-state index in [1.807, 2.05) is 0 Å². The Labute approximate surface area is 206 Å². The number of hydrogen-bond acceptors (Lipinski definition) is 1. The van der Waals surface area contributed by atoms with Gasteiger partial charge in [0.25, 0.3) is 0 Å². The van der Waals surface area contributed by atoms with Crippen molar-refractivity contribution in [2.75, 3.05) is 6.61 Å². The van der Waals surface area contributed by atoms with Crippen LogP contribution in [0.15, 0.2) is 24.3 Å². The Morgan fingerprint density at radius 1 is 0.576 bits per heavy atom. The van der Waals surface area contributed by atoms with Gasteiger partial charge in [-0.3, -0.25) is 0 Å². The second-order valence-electron chi connectivity index (χ2n) is 11.6. The van der Waals surface area contributed by atoms with Crippen LogP contribution < -0.4 is 4.74 Å². The summed E-state index contributed by atoms with van der Waals surface area (Å²) in [6.07, 6.45) is 27.3. The summed E-state index contributed by atoms with van der Waals surface area (Å²) in [5.74, 6) is 5.17. The van der Waals surface area contributed by atoms with Crippen molar-refractivity contribution in [3.63, 3.8) is 0 Å². The Morgan fingerprint density at radius 3 is 1.61 bits per heavy atom. The maximum absolute atomic E-state index is 5.86. The van der Waals surface area contributed by atoms with E-state index in [0.29, 0.717) is 0 Å². The van der Waals surface area contributed by atoms with Crippen LogP contribution in [-0.4, -0.2) is 6.61 Å². The van der Waals surface area contributed by atoms with Crippen LogP contribution in [0.2, 0.25) is 0 Å². The first-order chi connectivity index (χ1) is 16.3. The summed E-state index contributed by atoms with van der Waals surface area (Å²) >= 11 is 0. The van der Waals surface area contributed by atoms with Gasteiger partial charge in [-0.15, -0.1) is 0 Å². The average molecular weight is 455 g/mol. The maximum atomic E-state index is 5.86. The topological polar surface area (TPSA) is 9.23 Å². The normalized spacial score (nSPS) is 25.8. The van der Waals surface area contributed by atoms with Crippen molar-refractivity contribution in [3.8, 4) is 5.75 Å². The van der Waals surface area contributed by atoms with E-state index in [0.717, 1.165) is 36.0 Å². The molecule has 2 aliphatic rings. The van der Waals surface area contributed by atoms with Crippen LogP contribution in [-0.2, 0) is 6.42 Å². The van der Waals surface area contributed by atoms with Crippen LogP contribution in [0.5, 0.6) is 5.75 Å². The third kappa shape index (κ3) is 10.4. The lowest BCUT2D eigenvalue weighted by molar-refractivity contribution is 0.208. The van der Waals surface area contributed by atoms with Gasteiger partial charge in [-0.1, -0.05) is 129 Å². The maximum Gasteiger partial charge on any atom is 0.119 e. The molecule has 2 fully saturated rings. The Hall–Kier alpha value is -0.980. The Morgan fingerprint density at radius 2 is 1.06 bits per heavy atom. The molecule has 3 rings (SSSR count). The second kappa shape index (κ2) is 15.8. The quantitative estimate of drug-likeness (QED) is 0.239. The van der Waals surface area contributed by atoms with Crippen LogP contribution in [0.25, 0.3) is 0 Å². The minimum atomic E-state index is 0.858. The molecule has 2 saturated carbocycles. The third-order valence-electron chi connectivity index (χ3n) is 8.91. The molecule has 0 radical (unpaired) electrons. The molecule has 0 saturated heterocycles. The molecule has 33 heavy (non-hydrogen) atoms. The molecule has 0 unspecified atom stereocenters. The van der Waals surface area contributed by atoms with E-state index < -0.39 is 0 Å². The van der Waals surface area contributed by atoms with Gasteiger partial charge in [0, 0.05) is 0 Å². The summed E-state index contributed by atoms with van der Waals surface area (Å²) in [6.45, 7) is 5.42. The van der Waals surface area contributed by atoms with Gasteiger partial charge >= 0.3 is 0 Å². The molecule has 0 atom stereocenters. The molecule has 188 valence electrons. The van der Waals surface area contributed by atoms with Crippen LogP contribution in [0.3, 0.4) is 0 Å². The molecule has 0 amide bonds. The highest BCUT2D eigenvalue weighted by Crippen LogP contribution is 2.38. The van der Waals surface area contributed by atoms with Crippen molar-refractivity contribution in [2.24, 2.45) is 23.7 Å². The standard InChI is InChI=1S/C32H54O/c1-3-5-7-9-27-10-12-28(13-11-27)14-15-29-16-18-30(19-17-29)20-21-31-22-24-32(25-23-31)33-26-8-6-4-2/h22-25,27-30H,3-21,26H2,1-2H3. The summed E-state index contributed by atoms with van der Waals surface area (Å²) in [4.78, 5) is 0. The predicted octanol–water partition coefficient (Wildman–Crippen LogP) is 10.2. The molecule has 1 nitrogen and oxygen atoms in total. The second-order valence-corrected chi connectivity index (χ2v) is 11.6. The molecule has 0 N–H and O–H groups in total. The largest absolute Gasteiger partial charge is 0.494 e. The van der Waals surface area contributed by atoms with E-state index >= 15 is 0 Å². The van der Waals surface area contributed by atoms with E-state index in [9.17, 15) is 0 Å². The molecule has 0 heterocycles. The zero-order chi connectivity index (χ0) is 23.1. The van der Waals surface area contributed by atoms with Gasteiger partial charge in [0.2, 0.25) is 0 Å². The van der Waals surface area contributed by atoms with E-state index in [-0.39, 0.29) is 0 Å². The van der Waals surface area contributed by atoms with Crippen LogP contribution in [0.1, 0.15) is 135 Å². The summed E-state index contributed by atoms with van der Waals surface area (Å²) in [5.41, 5.74) is 1.49. The molecule has 0 aromatic heterocycles. The molecule has 1 aromatic carbocycles. The Bertz CT molecular complexity index is 589. The van der Waals surface area contributed by atoms with Gasteiger partial charge in [0.15, 0.2) is 0 Å². The highest BCUT2D eigenvalue weighted by Gasteiger charge is 2.24. The van der Waals surface area contributed by atoms with E-state index in [2.05, 4.69) is 38.1 Å². The summed E-state index contributed by atoms with van der Waals surface area (Å²) in [6, 6.07) is 8.94. The van der Waals surface area contributed by atoms with Crippen molar-refractivity contribution >= 4 is 0 Å². The van der Waals surface area contributed by atoms with Crippen molar-refractivity contribution in [1.29, 1.82) is 0 Å². The highest BCUT2D eigenvalue weighted by atomic mass is 16.5. The van der Waals surface area contributed by atoms with Gasteiger partial charge in [0.05, 0.1) is 6.61 Å². The van der Waals surface area contributed by atoms with Crippen molar-refractivity contribution in [1.82, 2.24) is 0 Å². The van der Waals surface area contributed by atoms with Crippen LogP contribution >= 0.6 is 0 Å².